The molecule has 1 amide bonds. The number of nitrogens with zero attached hydrogens (tertiary/aromatic N) is 4. The number of amides is 1. The van der Waals surface area contributed by atoms with Crippen LogP contribution >= 0.6 is 0 Å². The zero-order valence-corrected chi connectivity index (χ0v) is 17.0. The van der Waals surface area contributed by atoms with Gasteiger partial charge in [0, 0.05) is 37.9 Å². The first kappa shape index (κ1) is 19.0. The van der Waals surface area contributed by atoms with Gasteiger partial charge in [-0.2, -0.15) is 0 Å². The Morgan fingerprint density at radius 2 is 1.79 bits per heavy atom. The lowest BCUT2D eigenvalue weighted by molar-refractivity contribution is 0.0714. The highest BCUT2D eigenvalue weighted by Crippen LogP contribution is 2.23. The molecule has 1 aliphatic heterocycles. The number of carbonyl (C=O) groups is 1. The molecule has 4 rings (SSSR count). The van der Waals surface area contributed by atoms with Crippen LogP contribution in [-0.2, 0) is 0 Å². The molecule has 0 atom stereocenters. The third-order valence-electron chi connectivity index (χ3n) is 5.23. The van der Waals surface area contributed by atoms with Crippen LogP contribution < -0.4 is 10.2 Å². The number of aryl methyl sites for hydroxylation is 3. The molecule has 2 aromatic heterocycles. The predicted octanol–water partition coefficient (Wildman–Crippen LogP) is 3.70. The largest absolute Gasteiger partial charge is 0.459 e. The lowest BCUT2D eigenvalue weighted by atomic mass is 10.1. The van der Waals surface area contributed by atoms with Crippen LogP contribution in [0.1, 0.15) is 27.5 Å². The summed E-state index contributed by atoms with van der Waals surface area (Å²) in [4.78, 5) is 25.6. The van der Waals surface area contributed by atoms with Crippen LogP contribution in [0, 0.1) is 20.8 Å². The molecular formula is C22H25N5O2. The van der Waals surface area contributed by atoms with E-state index in [1.807, 2.05) is 17.9 Å². The van der Waals surface area contributed by atoms with Crippen molar-refractivity contribution in [1.82, 2.24) is 14.9 Å². The van der Waals surface area contributed by atoms with Gasteiger partial charge in [-0.05, 0) is 56.2 Å². The Labute approximate surface area is 170 Å². The van der Waals surface area contributed by atoms with E-state index < -0.39 is 0 Å². The summed E-state index contributed by atoms with van der Waals surface area (Å²) in [6.07, 6.45) is 1.53. The van der Waals surface area contributed by atoms with Gasteiger partial charge in [0.05, 0.1) is 6.26 Å². The van der Waals surface area contributed by atoms with Crippen molar-refractivity contribution in [3.8, 4) is 0 Å². The van der Waals surface area contributed by atoms with Gasteiger partial charge in [-0.25, -0.2) is 9.97 Å². The summed E-state index contributed by atoms with van der Waals surface area (Å²) in [5.74, 6) is 2.67. The normalized spacial score (nSPS) is 14.2. The van der Waals surface area contributed by atoms with Gasteiger partial charge in [-0.3, -0.25) is 4.79 Å². The van der Waals surface area contributed by atoms with Crippen molar-refractivity contribution in [2.75, 3.05) is 36.4 Å². The summed E-state index contributed by atoms with van der Waals surface area (Å²) in [7, 11) is 0. The molecule has 0 bridgehead atoms. The fraction of sp³-hybridized carbons (Fsp3) is 0.318. The summed E-state index contributed by atoms with van der Waals surface area (Å²) in [6.45, 7) is 8.78. The molecule has 7 nitrogen and oxygen atoms in total. The second-order valence-electron chi connectivity index (χ2n) is 7.34. The highest BCUT2D eigenvalue weighted by atomic mass is 16.3. The van der Waals surface area contributed by atoms with Gasteiger partial charge in [0.15, 0.2) is 5.76 Å². The Balaban J connectivity index is 1.45. The Kier molecular flexibility index (Phi) is 5.20. The maximum atomic E-state index is 12.4. The molecule has 29 heavy (non-hydrogen) atoms. The molecule has 3 heterocycles. The number of anilines is 3. The molecule has 1 fully saturated rings. The predicted molar refractivity (Wildman–Crippen MR) is 113 cm³/mol. The monoisotopic (exact) mass is 391 g/mol. The third-order valence-corrected chi connectivity index (χ3v) is 5.23. The average Bonchev–Trinajstić information content (AvgIpc) is 3.25. The molecule has 0 unspecified atom stereocenters. The standard InChI is InChI=1S/C22H25N5O2/c1-15-6-7-18(13-16(15)2)25-20-14-21(24-17(3)23-20)26-8-10-27(11-9-26)22(28)19-5-4-12-29-19/h4-7,12-14H,8-11H2,1-3H3,(H,23,24,25). The van der Waals surface area contributed by atoms with Crippen molar-refractivity contribution in [2.45, 2.75) is 20.8 Å². The summed E-state index contributed by atoms with van der Waals surface area (Å²) in [5.41, 5.74) is 3.50. The van der Waals surface area contributed by atoms with Gasteiger partial charge in [-0.1, -0.05) is 6.07 Å². The molecule has 150 valence electrons. The molecule has 1 N–H and O–H groups in total. The topological polar surface area (TPSA) is 74.5 Å². The summed E-state index contributed by atoms with van der Waals surface area (Å²) in [6, 6.07) is 11.7. The van der Waals surface area contributed by atoms with E-state index in [-0.39, 0.29) is 5.91 Å². The molecule has 3 aromatic rings. The first-order valence-corrected chi connectivity index (χ1v) is 9.77. The molecule has 0 aliphatic carbocycles. The smallest absolute Gasteiger partial charge is 0.289 e. The fourth-order valence-corrected chi connectivity index (χ4v) is 3.44. The second kappa shape index (κ2) is 7.95. The van der Waals surface area contributed by atoms with E-state index in [0.717, 1.165) is 17.3 Å². The Morgan fingerprint density at radius 3 is 2.48 bits per heavy atom. The highest BCUT2D eigenvalue weighted by molar-refractivity contribution is 5.91. The Morgan fingerprint density at radius 1 is 1.00 bits per heavy atom. The fourth-order valence-electron chi connectivity index (χ4n) is 3.44. The molecule has 0 saturated carbocycles. The average molecular weight is 391 g/mol. The van der Waals surface area contributed by atoms with E-state index in [4.69, 9.17) is 4.42 Å². The Hall–Kier alpha value is -3.35. The number of carbonyl (C=O) groups excluding carboxylic acids is 1. The van der Waals surface area contributed by atoms with Gasteiger partial charge >= 0.3 is 0 Å². The minimum atomic E-state index is -0.0642. The van der Waals surface area contributed by atoms with Crippen molar-refractivity contribution < 1.29 is 9.21 Å². The van der Waals surface area contributed by atoms with Crippen LogP contribution in [0.2, 0.25) is 0 Å². The third kappa shape index (κ3) is 4.23. The van der Waals surface area contributed by atoms with Crippen molar-refractivity contribution in [1.29, 1.82) is 0 Å². The van der Waals surface area contributed by atoms with E-state index in [1.165, 1.54) is 17.4 Å². The SMILES string of the molecule is Cc1nc(Nc2ccc(C)c(C)c2)cc(N2CCN(C(=O)c3ccco3)CC2)n1. The van der Waals surface area contributed by atoms with Crippen LogP contribution in [0.3, 0.4) is 0 Å². The lowest BCUT2D eigenvalue weighted by Crippen LogP contribution is -2.49. The van der Waals surface area contributed by atoms with Gasteiger partial charge in [0.2, 0.25) is 0 Å². The number of rotatable bonds is 4. The molecule has 1 aliphatic rings. The van der Waals surface area contributed by atoms with Gasteiger partial charge < -0.3 is 19.5 Å². The molecule has 1 aromatic carbocycles. The van der Waals surface area contributed by atoms with E-state index in [9.17, 15) is 4.79 Å². The number of nitrogens with one attached hydrogen (secondary N) is 1. The number of hydrogen-bond donors (Lipinski definition) is 1. The van der Waals surface area contributed by atoms with Gasteiger partial charge in [0.1, 0.15) is 17.5 Å². The van der Waals surface area contributed by atoms with Crippen LogP contribution in [0.25, 0.3) is 0 Å². The number of benzene rings is 1. The molecule has 7 heteroatoms. The van der Waals surface area contributed by atoms with Crippen LogP contribution in [0.5, 0.6) is 0 Å². The highest BCUT2D eigenvalue weighted by Gasteiger charge is 2.24. The summed E-state index contributed by atoms with van der Waals surface area (Å²) < 4.78 is 5.23. The minimum absolute atomic E-state index is 0.0642. The van der Waals surface area contributed by atoms with Crippen molar-refractivity contribution >= 4 is 23.2 Å². The summed E-state index contributed by atoms with van der Waals surface area (Å²) in [5, 5.41) is 3.38. The van der Waals surface area contributed by atoms with E-state index in [0.29, 0.717) is 37.8 Å². The second-order valence-corrected chi connectivity index (χ2v) is 7.34. The van der Waals surface area contributed by atoms with E-state index in [1.54, 1.807) is 12.1 Å². The van der Waals surface area contributed by atoms with Gasteiger partial charge in [-0.15, -0.1) is 0 Å². The quantitative estimate of drug-likeness (QED) is 0.731. The Bertz CT molecular complexity index is 1010. The number of furan rings is 1. The van der Waals surface area contributed by atoms with E-state index in [2.05, 4.69) is 52.2 Å². The van der Waals surface area contributed by atoms with Crippen molar-refractivity contribution in [2.24, 2.45) is 0 Å². The number of hydrogen-bond acceptors (Lipinski definition) is 6. The van der Waals surface area contributed by atoms with Crippen LogP contribution in [0.4, 0.5) is 17.3 Å². The zero-order chi connectivity index (χ0) is 20.4. The van der Waals surface area contributed by atoms with Crippen molar-refractivity contribution in [3.63, 3.8) is 0 Å². The maximum Gasteiger partial charge on any atom is 0.289 e. The maximum absolute atomic E-state index is 12.4. The first-order chi connectivity index (χ1) is 14.0. The molecular weight excluding hydrogens is 366 g/mol. The molecule has 1 saturated heterocycles. The van der Waals surface area contributed by atoms with E-state index >= 15 is 0 Å². The van der Waals surface area contributed by atoms with Crippen LogP contribution in [0.15, 0.2) is 47.1 Å². The summed E-state index contributed by atoms with van der Waals surface area (Å²) >= 11 is 0. The number of aromatic nitrogens is 2. The molecule has 0 spiro atoms. The molecule has 0 radical (unpaired) electrons. The number of piperazine rings is 1. The van der Waals surface area contributed by atoms with Crippen LogP contribution in [-0.4, -0.2) is 47.0 Å². The first-order valence-electron chi connectivity index (χ1n) is 9.77. The lowest BCUT2D eigenvalue weighted by Gasteiger charge is -2.35. The van der Waals surface area contributed by atoms with Gasteiger partial charge in [0.25, 0.3) is 5.91 Å². The minimum Gasteiger partial charge on any atom is -0.459 e. The van der Waals surface area contributed by atoms with Crippen molar-refractivity contribution in [3.05, 3.63) is 65.4 Å². The zero-order valence-electron chi connectivity index (χ0n) is 17.0.